The zero-order valence-corrected chi connectivity index (χ0v) is 68.5. The van der Waals surface area contributed by atoms with Crippen LogP contribution in [0.4, 0.5) is 0 Å². The summed E-state index contributed by atoms with van der Waals surface area (Å²) in [7, 11) is -9.82. The molecule has 0 rings (SSSR count). The van der Waals surface area contributed by atoms with Gasteiger partial charge in [-0.2, -0.15) is 0 Å². The van der Waals surface area contributed by atoms with Gasteiger partial charge in [0.15, 0.2) is 6.10 Å². The van der Waals surface area contributed by atoms with E-state index in [1.807, 2.05) is 0 Å². The van der Waals surface area contributed by atoms with Gasteiger partial charge in [-0.1, -0.05) is 313 Å². The Hall–Kier alpha value is -5.09. The van der Waals surface area contributed by atoms with Crippen molar-refractivity contribution in [3.05, 3.63) is 170 Å². The number of carbonyl (C=O) groups excluding carboxylic acids is 3. The van der Waals surface area contributed by atoms with Crippen molar-refractivity contribution in [3.8, 4) is 0 Å². The van der Waals surface area contributed by atoms with Crippen molar-refractivity contribution in [2.75, 3.05) is 39.6 Å². The summed E-state index contributed by atoms with van der Waals surface area (Å²) in [6, 6.07) is 0. The highest BCUT2D eigenvalue weighted by atomic mass is 31.2. The predicted molar refractivity (Wildman–Crippen MR) is 445 cm³/mol. The van der Waals surface area contributed by atoms with E-state index in [9.17, 15) is 43.5 Å². The Morgan fingerprint density at radius 2 is 0.495 bits per heavy atom. The second-order valence-electron chi connectivity index (χ2n) is 27.2. The highest BCUT2D eigenvalue weighted by Crippen LogP contribution is 2.45. The lowest BCUT2D eigenvalue weighted by atomic mass is 10.0. The molecular weight excluding hydrogens is 1390 g/mol. The number of rotatable bonds is 77. The molecule has 5 atom stereocenters. The molecule has 0 spiro atoms. The summed E-state index contributed by atoms with van der Waals surface area (Å²) >= 11 is 0. The van der Waals surface area contributed by atoms with Crippen LogP contribution in [0.1, 0.15) is 316 Å². The first-order chi connectivity index (χ1) is 52.2. The molecule has 0 aromatic carbocycles. The van der Waals surface area contributed by atoms with Gasteiger partial charge in [0.1, 0.15) is 25.4 Å². The maximum absolute atomic E-state index is 13.0. The van der Waals surface area contributed by atoms with Crippen LogP contribution in [0.15, 0.2) is 170 Å². The van der Waals surface area contributed by atoms with Gasteiger partial charge in [-0.05, 0) is 154 Å². The van der Waals surface area contributed by atoms with Crippen LogP contribution >= 0.6 is 15.6 Å². The van der Waals surface area contributed by atoms with Gasteiger partial charge in [-0.15, -0.1) is 0 Å². The normalized spacial score (nSPS) is 14.8. The fourth-order valence-corrected chi connectivity index (χ4v) is 12.3. The third-order valence-electron chi connectivity index (χ3n) is 16.9. The van der Waals surface area contributed by atoms with E-state index < -0.39 is 91.5 Å². The molecule has 18 heteroatoms. The van der Waals surface area contributed by atoms with Crippen molar-refractivity contribution in [2.45, 2.75) is 334 Å². The quantitative estimate of drug-likeness (QED) is 0.0146. The van der Waals surface area contributed by atoms with E-state index in [0.717, 1.165) is 167 Å². The molecule has 0 aromatic rings. The first kappa shape index (κ1) is 102. The van der Waals surface area contributed by atoms with Gasteiger partial charge in [0.25, 0.3) is 0 Å². The molecule has 5 unspecified atom stereocenters. The molecule has 0 aliphatic carbocycles. The molecule has 0 radical (unpaired) electrons. The Bertz CT molecular complexity index is 2620. The number of aliphatic hydroxyl groups excluding tert-OH is 2. The molecule has 4 N–H and O–H groups in total. The standard InChI is InChI=1S/C89H148O16P2/c1-4-7-10-13-16-19-22-25-28-31-34-36-38-40-41-43-45-46-49-51-54-57-60-63-66-69-72-75-87(92)99-78-84(90)79-101-106(95,96)102-80-85(91)81-103-107(97,98)104-83-86(105-89(94)77-74-71-68-65-62-59-56-53-48-33-30-27-24-21-18-15-12-9-6-3)82-100-88(93)76-73-70-67-64-61-58-55-52-50-47-44-42-39-37-35-32-29-26-23-20-17-14-11-8-5-2/h7,9-10,12,16-21,25-30,34-37,40-42,44,48,53,59,62,84-86,90-91H,4-6,8,11,13-15,22-24,31-33,38-39,43,45-47,49-52,54-58,60-61,63-83H2,1-3H3,(H,95,96)(H,97,98)/b10-7-,12-9-,19-16-,20-17-,21-18-,28-25-,29-26-,30-27-,36-34-,37-35-,41-40-,44-42-,53-48-,62-59-. The van der Waals surface area contributed by atoms with Crippen LogP contribution < -0.4 is 0 Å². The molecule has 107 heavy (non-hydrogen) atoms. The first-order valence-electron chi connectivity index (χ1n) is 41.4. The predicted octanol–water partition coefficient (Wildman–Crippen LogP) is 24.8. The molecule has 610 valence electrons. The molecule has 0 aromatic heterocycles. The number of aliphatic hydroxyl groups is 2. The molecule has 0 heterocycles. The number of unbranched alkanes of at least 4 members (excludes halogenated alkanes) is 26. The Balaban J connectivity index is 4.67. The third-order valence-corrected chi connectivity index (χ3v) is 18.8. The van der Waals surface area contributed by atoms with Gasteiger partial charge >= 0.3 is 33.6 Å². The number of phosphoric acid groups is 2. The smallest absolute Gasteiger partial charge is 0.463 e. The van der Waals surface area contributed by atoms with Crippen molar-refractivity contribution in [1.29, 1.82) is 0 Å². The van der Waals surface area contributed by atoms with Crippen LogP contribution in [0, 0.1) is 0 Å². The summed E-state index contributed by atoms with van der Waals surface area (Å²) < 4.78 is 61.2. The molecule has 0 saturated carbocycles. The minimum Gasteiger partial charge on any atom is -0.463 e. The van der Waals surface area contributed by atoms with E-state index in [4.69, 9.17) is 32.3 Å². The Kier molecular flexibility index (Phi) is 76.6. The fourth-order valence-electron chi connectivity index (χ4n) is 10.7. The Morgan fingerprint density at radius 1 is 0.271 bits per heavy atom. The fraction of sp³-hybridized carbons (Fsp3) is 0.652. The molecule has 16 nitrogen and oxygen atoms in total. The second kappa shape index (κ2) is 80.4. The highest BCUT2D eigenvalue weighted by Gasteiger charge is 2.29. The summed E-state index contributed by atoms with van der Waals surface area (Å²) in [4.78, 5) is 58.8. The SMILES string of the molecule is CC/C=C\C/C=C\C/C=C\C/C=C\C/C=C\CCCCCCCCCCCCCC(=O)OCC(O)COP(=O)(O)OCC(O)COP(=O)(O)OCC(COC(=O)CCCCCCCCCCC/C=C\C/C=C\C/C=C\C/C=C\CCCCC)OC(=O)CCCCC/C=C\C/C=C\C/C=C\C/C=C\C/C=C\CC. The third kappa shape index (κ3) is 81.7. The number of allylic oxidation sites excluding steroid dienone is 28. The lowest BCUT2D eigenvalue weighted by Crippen LogP contribution is -2.30. The topological polar surface area (TPSA) is 231 Å². The summed E-state index contributed by atoms with van der Waals surface area (Å²) in [5, 5.41) is 20.7. The number of hydrogen-bond acceptors (Lipinski definition) is 14. The maximum atomic E-state index is 13.0. The van der Waals surface area contributed by atoms with Gasteiger partial charge in [-0.25, -0.2) is 9.13 Å². The van der Waals surface area contributed by atoms with Crippen molar-refractivity contribution in [3.63, 3.8) is 0 Å². The van der Waals surface area contributed by atoms with Crippen molar-refractivity contribution in [1.82, 2.24) is 0 Å². The van der Waals surface area contributed by atoms with Gasteiger partial charge in [0.05, 0.1) is 26.4 Å². The maximum Gasteiger partial charge on any atom is 0.472 e. The van der Waals surface area contributed by atoms with E-state index in [1.165, 1.54) is 89.9 Å². The van der Waals surface area contributed by atoms with Gasteiger partial charge in [-0.3, -0.25) is 32.5 Å². The Morgan fingerprint density at radius 3 is 0.794 bits per heavy atom. The number of hydrogen-bond donors (Lipinski definition) is 4. The van der Waals surface area contributed by atoms with Crippen LogP contribution in [0.5, 0.6) is 0 Å². The van der Waals surface area contributed by atoms with E-state index in [-0.39, 0.29) is 19.3 Å². The molecule has 0 fully saturated rings. The zero-order valence-electron chi connectivity index (χ0n) is 66.7. The largest absolute Gasteiger partial charge is 0.472 e. The summed E-state index contributed by atoms with van der Waals surface area (Å²) in [5.41, 5.74) is 0. The second-order valence-corrected chi connectivity index (χ2v) is 30.1. The van der Waals surface area contributed by atoms with Crippen molar-refractivity contribution in [2.24, 2.45) is 0 Å². The minimum atomic E-state index is -4.95. The molecule has 0 aliphatic heterocycles. The van der Waals surface area contributed by atoms with Crippen molar-refractivity contribution < 1.29 is 75.8 Å². The number of ether oxygens (including phenoxy) is 3. The highest BCUT2D eigenvalue weighted by molar-refractivity contribution is 7.47. The van der Waals surface area contributed by atoms with Crippen molar-refractivity contribution >= 4 is 33.6 Å². The molecule has 0 saturated heterocycles. The van der Waals surface area contributed by atoms with Crippen LogP contribution in [0.25, 0.3) is 0 Å². The minimum absolute atomic E-state index is 0.0585. The monoisotopic (exact) mass is 1540 g/mol. The number of phosphoric ester groups is 2. The zero-order chi connectivity index (χ0) is 78.0. The molecule has 0 amide bonds. The average molecular weight is 1540 g/mol. The molecular formula is C89H148O16P2. The van der Waals surface area contributed by atoms with Gasteiger partial charge < -0.3 is 34.2 Å². The summed E-state index contributed by atoms with van der Waals surface area (Å²) in [6.07, 6.45) is 102. The van der Waals surface area contributed by atoms with Gasteiger partial charge in [0.2, 0.25) is 0 Å². The number of carbonyl (C=O) groups is 3. The lowest BCUT2D eigenvalue weighted by molar-refractivity contribution is -0.161. The van der Waals surface area contributed by atoms with E-state index in [1.54, 1.807) is 0 Å². The van der Waals surface area contributed by atoms with E-state index >= 15 is 0 Å². The first-order valence-corrected chi connectivity index (χ1v) is 44.4. The summed E-state index contributed by atoms with van der Waals surface area (Å²) in [6.45, 7) is 2.38. The average Bonchev–Trinajstić information content (AvgIpc) is 0.903. The van der Waals surface area contributed by atoms with Crippen LogP contribution in [0.2, 0.25) is 0 Å². The van der Waals surface area contributed by atoms with Gasteiger partial charge in [0, 0.05) is 19.3 Å². The van der Waals surface area contributed by atoms with Crippen LogP contribution in [-0.4, -0.2) is 95.9 Å². The lowest BCUT2D eigenvalue weighted by Gasteiger charge is -2.21. The van der Waals surface area contributed by atoms with E-state index in [0.29, 0.717) is 19.3 Å². The Labute approximate surface area is 650 Å². The summed E-state index contributed by atoms with van der Waals surface area (Å²) in [5.74, 6) is -1.63. The van der Waals surface area contributed by atoms with Crippen LogP contribution in [0.3, 0.4) is 0 Å². The van der Waals surface area contributed by atoms with E-state index in [2.05, 4.69) is 191 Å². The van der Waals surface area contributed by atoms with Crippen LogP contribution in [-0.2, 0) is 55.8 Å². The molecule has 0 bridgehead atoms. The molecule has 0 aliphatic rings. The number of esters is 3.